The van der Waals surface area contributed by atoms with Gasteiger partial charge in [-0.3, -0.25) is 4.90 Å². The molecule has 1 aromatic carbocycles. The fourth-order valence-corrected chi connectivity index (χ4v) is 3.62. The lowest BCUT2D eigenvalue weighted by Crippen LogP contribution is -2.28. The van der Waals surface area contributed by atoms with Crippen molar-refractivity contribution < 1.29 is 4.65 Å². The van der Waals surface area contributed by atoms with Crippen molar-refractivity contribution in [2.24, 2.45) is 0 Å². The standard InChI is InChI=1S/C16H25BN2O/c1-20-17-19-11-5-8-16(19)15-7-4-6-14(12-15)13-18-9-2-3-10-18/h4,6-7,12,16-17H,2-3,5,8-11,13H2,1H3. The average molecular weight is 272 g/mol. The predicted molar refractivity (Wildman–Crippen MR) is 83.8 cm³/mol. The average Bonchev–Trinajstić information content (AvgIpc) is 3.11. The molecule has 0 bridgehead atoms. The molecule has 0 radical (unpaired) electrons. The van der Waals surface area contributed by atoms with Crippen LogP contribution < -0.4 is 0 Å². The summed E-state index contributed by atoms with van der Waals surface area (Å²) in [5.41, 5.74) is 2.94. The minimum Gasteiger partial charge on any atom is -0.427 e. The molecule has 1 aromatic rings. The molecule has 1 atom stereocenters. The monoisotopic (exact) mass is 272 g/mol. The molecule has 0 aromatic heterocycles. The maximum absolute atomic E-state index is 5.33. The maximum atomic E-state index is 5.33. The first kappa shape index (κ1) is 14.1. The lowest BCUT2D eigenvalue weighted by atomic mass is 9.99. The highest BCUT2D eigenvalue weighted by Gasteiger charge is 2.26. The third kappa shape index (κ3) is 3.25. The summed E-state index contributed by atoms with van der Waals surface area (Å²) < 4.78 is 5.33. The smallest absolute Gasteiger partial charge is 0.363 e. The van der Waals surface area contributed by atoms with Crippen LogP contribution in [-0.4, -0.2) is 44.1 Å². The first-order valence-electron chi connectivity index (χ1n) is 7.91. The Balaban J connectivity index is 1.69. The van der Waals surface area contributed by atoms with Crippen LogP contribution in [-0.2, 0) is 11.2 Å². The Morgan fingerprint density at radius 1 is 1.20 bits per heavy atom. The van der Waals surface area contributed by atoms with Gasteiger partial charge in [0.1, 0.15) is 0 Å². The van der Waals surface area contributed by atoms with E-state index in [9.17, 15) is 0 Å². The van der Waals surface area contributed by atoms with Crippen LogP contribution in [0, 0.1) is 0 Å². The first-order chi connectivity index (χ1) is 9.86. The molecular formula is C16H25BN2O. The third-order valence-corrected chi connectivity index (χ3v) is 4.60. The van der Waals surface area contributed by atoms with Crippen LogP contribution >= 0.6 is 0 Å². The van der Waals surface area contributed by atoms with Crippen molar-refractivity contribution in [3.05, 3.63) is 35.4 Å². The van der Waals surface area contributed by atoms with Crippen molar-refractivity contribution in [3.63, 3.8) is 0 Å². The van der Waals surface area contributed by atoms with Gasteiger partial charge in [0.2, 0.25) is 0 Å². The quantitative estimate of drug-likeness (QED) is 0.765. The second kappa shape index (κ2) is 6.75. The largest absolute Gasteiger partial charge is 0.427 e. The molecule has 0 amide bonds. The Labute approximate surface area is 123 Å². The van der Waals surface area contributed by atoms with Crippen molar-refractivity contribution in [2.75, 3.05) is 26.7 Å². The number of hydrogen-bond acceptors (Lipinski definition) is 3. The highest BCUT2D eigenvalue weighted by atomic mass is 16.4. The van der Waals surface area contributed by atoms with Gasteiger partial charge in [0.25, 0.3) is 0 Å². The molecule has 20 heavy (non-hydrogen) atoms. The summed E-state index contributed by atoms with van der Waals surface area (Å²) in [6, 6.07) is 9.75. The van der Waals surface area contributed by atoms with Crippen LogP contribution in [0.4, 0.5) is 0 Å². The van der Waals surface area contributed by atoms with Crippen molar-refractivity contribution in [3.8, 4) is 0 Å². The minimum absolute atomic E-state index is 0.550. The second-order valence-corrected chi connectivity index (χ2v) is 6.12. The minimum atomic E-state index is 0.550. The Kier molecular flexibility index (Phi) is 4.76. The van der Waals surface area contributed by atoms with E-state index in [1.165, 1.54) is 49.9 Å². The topological polar surface area (TPSA) is 15.7 Å². The summed E-state index contributed by atoms with van der Waals surface area (Å²) in [5.74, 6) is 0. The Morgan fingerprint density at radius 2 is 2.05 bits per heavy atom. The zero-order valence-electron chi connectivity index (χ0n) is 12.6. The summed E-state index contributed by atoms with van der Waals surface area (Å²) in [5, 5.41) is 0. The van der Waals surface area contributed by atoms with E-state index in [1.807, 2.05) is 0 Å². The first-order valence-corrected chi connectivity index (χ1v) is 7.91. The van der Waals surface area contributed by atoms with Gasteiger partial charge in [-0.15, -0.1) is 0 Å². The van der Waals surface area contributed by atoms with Crippen LogP contribution in [0.1, 0.15) is 42.9 Å². The summed E-state index contributed by atoms with van der Waals surface area (Å²) in [4.78, 5) is 5.02. The van der Waals surface area contributed by atoms with Crippen molar-refractivity contribution in [2.45, 2.75) is 38.3 Å². The molecule has 1 unspecified atom stereocenters. The highest BCUT2D eigenvalue weighted by molar-refractivity contribution is 6.23. The maximum Gasteiger partial charge on any atom is 0.363 e. The molecule has 108 valence electrons. The molecule has 2 saturated heterocycles. The van der Waals surface area contributed by atoms with Crippen LogP contribution in [0.3, 0.4) is 0 Å². The van der Waals surface area contributed by atoms with Gasteiger partial charge in [0.05, 0.1) is 0 Å². The van der Waals surface area contributed by atoms with Gasteiger partial charge in [0, 0.05) is 19.7 Å². The summed E-state index contributed by atoms with van der Waals surface area (Å²) >= 11 is 0. The number of benzene rings is 1. The van der Waals surface area contributed by atoms with Crippen LogP contribution in [0.5, 0.6) is 0 Å². The number of nitrogens with zero attached hydrogens (tertiary/aromatic N) is 2. The molecule has 3 rings (SSSR count). The number of likely N-dealkylation sites (tertiary alicyclic amines) is 1. The van der Waals surface area contributed by atoms with Gasteiger partial charge in [0.15, 0.2) is 0 Å². The number of hydrogen-bond donors (Lipinski definition) is 0. The van der Waals surface area contributed by atoms with Gasteiger partial charge >= 0.3 is 7.62 Å². The van der Waals surface area contributed by atoms with E-state index in [0.29, 0.717) is 6.04 Å². The lowest BCUT2D eigenvalue weighted by molar-refractivity contribution is 0.324. The van der Waals surface area contributed by atoms with Crippen LogP contribution in [0.15, 0.2) is 24.3 Å². The molecule has 0 aliphatic carbocycles. The van der Waals surface area contributed by atoms with Crippen LogP contribution in [0.25, 0.3) is 0 Å². The summed E-state index contributed by atoms with van der Waals surface area (Å²) in [6.07, 6.45) is 5.27. The second-order valence-electron chi connectivity index (χ2n) is 6.12. The Morgan fingerprint density at radius 3 is 2.85 bits per heavy atom. The van der Waals surface area contributed by atoms with E-state index in [4.69, 9.17) is 4.65 Å². The molecule has 4 heteroatoms. The van der Waals surface area contributed by atoms with Gasteiger partial charge < -0.3 is 9.47 Å². The van der Waals surface area contributed by atoms with Gasteiger partial charge in [-0.1, -0.05) is 24.3 Å². The van der Waals surface area contributed by atoms with E-state index in [-0.39, 0.29) is 0 Å². The molecule has 2 aliphatic heterocycles. The van der Waals surface area contributed by atoms with Crippen molar-refractivity contribution in [1.29, 1.82) is 0 Å². The fraction of sp³-hybridized carbons (Fsp3) is 0.625. The fourth-order valence-electron chi connectivity index (χ4n) is 3.62. The normalized spacial score (nSPS) is 24.4. The third-order valence-electron chi connectivity index (χ3n) is 4.60. The SMILES string of the molecule is COBN1CCCC1c1cccc(CN2CCCC2)c1. The lowest BCUT2D eigenvalue weighted by Gasteiger charge is -2.24. The van der Waals surface area contributed by atoms with E-state index >= 15 is 0 Å². The predicted octanol–water partition coefficient (Wildman–Crippen LogP) is 2.33. The summed E-state index contributed by atoms with van der Waals surface area (Å²) in [6.45, 7) is 4.81. The molecule has 2 fully saturated rings. The molecule has 0 saturated carbocycles. The van der Waals surface area contributed by atoms with Crippen molar-refractivity contribution >= 4 is 7.62 Å². The molecule has 2 aliphatic rings. The summed E-state index contributed by atoms with van der Waals surface area (Å²) in [7, 11) is 2.54. The van der Waals surface area contributed by atoms with Gasteiger partial charge in [-0.2, -0.15) is 0 Å². The van der Waals surface area contributed by atoms with E-state index in [0.717, 1.165) is 20.7 Å². The Hall–Kier alpha value is -0.835. The molecule has 2 heterocycles. The molecular weight excluding hydrogens is 247 g/mol. The highest BCUT2D eigenvalue weighted by Crippen LogP contribution is 2.31. The van der Waals surface area contributed by atoms with Crippen LogP contribution in [0.2, 0.25) is 0 Å². The molecule has 0 spiro atoms. The number of rotatable bonds is 5. The van der Waals surface area contributed by atoms with Crippen molar-refractivity contribution in [1.82, 2.24) is 9.71 Å². The van der Waals surface area contributed by atoms with Gasteiger partial charge in [-0.05, 0) is 56.4 Å². The van der Waals surface area contributed by atoms with E-state index in [1.54, 1.807) is 7.11 Å². The molecule has 0 N–H and O–H groups in total. The van der Waals surface area contributed by atoms with Gasteiger partial charge in [-0.25, -0.2) is 0 Å². The zero-order valence-corrected chi connectivity index (χ0v) is 12.6. The Bertz CT molecular complexity index is 434. The van der Waals surface area contributed by atoms with E-state index < -0.39 is 0 Å². The van der Waals surface area contributed by atoms with E-state index in [2.05, 4.69) is 34.0 Å². The zero-order chi connectivity index (χ0) is 13.8. The molecule has 3 nitrogen and oxygen atoms in total.